The number of nitrogens with one attached hydrogen (secondary N) is 1. The molecule has 0 aliphatic carbocycles. The lowest BCUT2D eigenvalue weighted by Gasteiger charge is -2.33. The van der Waals surface area contributed by atoms with Gasteiger partial charge in [0.25, 0.3) is 11.8 Å². The van der Waals surface area contributed by atoms with Gasteiger partial charge in [-0.15, -0.1) is 0 Å². The summed E-state index contributed by atoms with van der Waals surface area (Å²) in [6, 6.07) is 12.0. The number of hydrogen-bond donors (Lipinski definition) is 1. The summed E-state index contributed by atoms with van der Waals surface area (Å²) in [6.45, 7) is 1.20. The molecule has 9 nitrogen and oxygen atoms in total. The summed E-state index contributed by atoms with van der Waals surface area (Å²) in [5, 5.41) is 2.54. The van der Waals surface area contributed by atoms with E-state index in [1.54, 1.807) is 49.6 Å². The molecule has 0 bridgehead atoms. The molecule has 4 rings (SSSR count). The molecule has 0 radical (unpaired) electrons. The van der Waals surface area contributed by atoms with E-state index in [0.717, 1.165) is 5.56 Å². The molecule has 0 spiro atoms. The summed E-state index contributed by atoms with van der Waals surface area (Å²) in [7, 11) is 3.17. The Balaban J connectivity index is 1.52. The number of rotatable bonds is 4. The van der Waals surface area contributed by atoms with Gasteiger partial charge in [-0.3, -0.25) is 19.4 Å². The van der Waals surface area contributed by atoms with Crippen molar-refractivity contribution < 1.29 is 14.3 Å². The third kappa shape index (κ3) is 4.42. The molecule has 9 heteroatoms. The summed E-state index contributed by atoms with van der Waals surface area (Å²) in [5.41, 5.74) is 2.79. The van der Waals surface area contributed by atoms with Crippen LogP contribution in [-0.4, -0.2) is 58.0 Å². The summed E-state index contributed by atoms with van der Waals surface area (Å²) < 4.78 is 7.29. The zero-order chi connectivity index (χ0) is 22.7. The number of carbonyl (C=O) groups is 2. The highest BCUT2D eigenvalue weighted by atomic mass is 16.5. The Morgan fingerprint density at radius 3 is 2.72 bits per heavy atom. The molecule has 164 valence electrons. The number of ether oxygens (including phenoxy) is 1. The number of aryl methyl sites for hydroxylation is 1. The molecule has 0 aromatic carbocycles. The average Bonchev–Trinajstić information content (AvgIpc) is 2.85. The number of nitrogens with zero attached hydrogens (tertiary/aromatic N) is 4. The lowest BCUT2D eigenvalue weighted by molar-refractivity contribution is -0.0247. The zero-order valence-corrected chi connectivity index (χ0v) is 17.8. The maximum Gasteiger partial charge on any atom is 0.269 e. The quantitative estimate of drug-likeness (QED) is 0.667. The van der Waals surface area contributed by atoms with Gasteiger partial charge in [0.05, 0.1) is 30.1 Å². The van der Waals surface area contributed by atoms with Gasteiger partial charge >= 0.3 is 0 Å². The SMILES string of the molecule is CNC(=O)c1ccc(-c2cccc(C3CN(C(=O)c4ccc(=O)n(C)c4)CCO3)n2)cn1. The lowest BCUT2D eigenvalue weighted by Crippen LogP contribution is -2.42. The van der Waals surface area contributed by atoms with Crippen LogP contribution >= 0.6 is 0 Å². The fourth-order valence-electron chi connectivity index (χ4n) is 3.52. The molecule has 3 aromatic rings. The van der Waals surface area contributed by atoms with Crippen LogP contribution in [0.2, 0.25) is 0 Å². The largest absolute Gasteiger partial charge is 0.368 e. The molecule has 1 N–H and O–H groups in total. The van der Waals surface area contributed by atoms with Crippen LogP contribution in [0, 0.1) is 0 Å². The molecule has 1 unspecified atom stereocenters. The van der Waals surface area contributed by atoms with Gasteiger partial charge in [0.2, 0.25) is 5.56 Å². The number of morpholine rings is 1. The van der Waals surface area contributed by atoms with Crippen LogP contribution in [0.3, 0.4) is 0 Å². The van der Waals surface area contributed by atoms with E-state index < -0.39 is 0 Å². The predicted molar refractivity (Wildman–Crippen MR) is 117 cm³/mol. The first-order valence-corrected chi connectivity index (χ1v) is 10.2. The Morgan fingerprint density at radius 1 is 1.16 bits per heavy atom. The molecule has 3 aromatic heterocycles. The molecular weight excluding hydrogens is 410 g/mol. The third-order valence-electron chi connectivity index (χ3n) is 5.31. The van der Waals surface area contributed by atoms with E-state index in [1.165, 1.54) is 10.6 Å². The second-order valence-corrected chi connectivity index (χ2v) is 7.44. The van der Waals surface area contributed by atoms with Crippen molar-refractivity contribution in [2.45, 2.75) is 6.10 Å². The highest BCUT2D eigenvalue weighted by molar-refractivity contribution is 5.94. The summed E-state index contributed by atoms with van der Waals surface area (Å²) >= 11 is 0. The van der Waals surface area contributed by atoms with Crippen molar-refractivity contribution in [3.05, 3.63) is 82.2 Å². The fraction of sp³-hybridized carbons (Fsp3) is 0.261. The molecule has 1 aliphatic heterocycles. The molecule has 1 saturated heterocycles. The maximum absolute atomic E-state index is 12.9. The molecule has 1 aliphatic rings. The first kappa shape index (κ1) is 21.4. The van der Waals surface area contributed by atoms with Gasteiger partial charge in [-0.1, -0.05) is 6.07 Å². The summed E-state index contributed by atoms with van der Waals surface area (Å²) in [6.07, 6.45) is 2.77. The van der Waals surface area contributed by atoms with E-state index in [-0.39, 0.29) is 23.5 Å². The topological polar surface area (TPSA) is 106 Å². The minimum absolute atomic E-state index is 0.154. The lowest BCUT2D eigenvalue weighted by atomic mass is 10.1. The monoisotopic (exact) mass is 433 g/mol. The van der Waals surface area contributed by atoms with Crippen LogP contribution in [0.25, 0.3) is 11.3 Å². The van der Waals surface area contributed by atoms with Gasteiger partial charge in [0.15, 0.2) is 0 Å². The van der Waals surface area contributed by atoms with Gasteiger partial charge in [-0.25, -0.2) is 4.98 Å². The molecule has 2 amide bonds. The van der Waals surface area contributed by atoms with E-state index in [9.17, 15) is 14.4 Å². The number of amides is 2. The Kier molecular flexibility index (Phi) is 6.09. The smallest absolute Gasteiger partial charge is 0.269 e. The van der Waals surface area contributed by atoms with Crippen molar-refractivity contribution in [3.8, 4) is 11.3 Å². The number of carbonyl (C=O) groups excluding carboxylic acids is 2. The van der Waals surface area contributed by atoms with Crippen LogP contribution < -0.4 is 10.9 Å². The van der Waals surface area contributed by atoms with Crippen LogP contribution in [0.1, 0.15) is 32.6 Å². The van der Waals surface area contributed by atoms with Crippen molar-refractivity contribution in [1.29, 1.82) is 0 Å². The summed E-state index contributed by atoms with van der Waals surface area (Å²) in [4.78, 5) is 46.8. The third-order valence-corrected chi connectivity index (χ3v) is 5.31. The van der Waals surface area contributed by atoms with E-state index in [0.29, 0.717) is 42.3 Å². The van der Waals surface area contributed by atoms with Gasteiger partial charge in [0, 0.05) is 44.7 Å². The number of pyridine rings is 3. The molecule has 4 heterocycles. The van der Waals surface area contributed by atoms with Crippen molar-refractivity contribution in [2.75, 3.05) is 26.7 Å². The maximum atomic E-state index is 12.9. The second kappa shape index (κ2) is 9.11. The molecule has 1 atom stereocenters. The molecular formula is C23H23N5O4. The Hall–Kier alpha value is -3.85. The highest BCUT2D eigenvalue weighted by Gasteiger charge is 2.27. The number of hydrogen-bond acceptors (Lipinski definition) is 6. The first-order valence-electron chi connectivity index (χ1n) is 10.2. The van der Waals surface area contributed by atoms with E-state index in [2.05, 4.69) is 10.3 Å². The van der Waals surface area contributed by atoms with Crippen molar-refractivity contribution in [2.24, 2.45) is 7.05 Å². The Bertz CT molecular complexity index is 1210. The second-order valence-electron chi connectivity index (χ2n) is 7.44. The molecule has 0 saturated carbocycles. The molecule has 32 heavy (non-hydrogen) atoms. The number of aromatic nitrogens is 3. The van der Waals surface area contributed by atoms with E-state index >= 15 is 0 Å². The zero-order valence-electron chi connectivity index (χ0n) is 17.8. The van der Waals surface area contributed by atoms with Crippen LogP contribution in [-0.2, 0) is 11.8 Å². The average molecular weight is 433 g/mol. The summed E-state index contributed by atoms with van der Waals surface area (Å²) in [5.74, 6) is -0.406. The Labute approximate surface area is 184 Å². The standard InChI is InChI=1S/C23H23N5O4/c1-24-22(30)19-8-6-15(12-25-19)17-4-3-5-18(26-17)20-14-28(10-11-32-20)23(31)16-7-9-21(29)27(2)13-16/h3-9,12-13,20H,10-11,14H2,1-2H3,(H,24,30). The van der Waals surface area contributed by atoms with Gasteiger partial charge < -0.3 is 19.5 Å². The predicted octanol–water partition coefficient (Wildman–Crippen LogP) is 1.42. The van der Waals surface area contributed by atoms with E-state index in [4.69, 9.17) is 9.72 Å². The van der Waals surface area contributed by atoms with Crippen molar-refractivity contribution >= 4 is 11.8 Å². The highest BCUT2D eigenvalue weighted by Crippen LogP contribution is 2.25. The minimum atomic E-state index is -0.377. The van der Waals surface area contributed by atoms with E-state index in [1.807, 2.05) is 18.2 Å². The van der Waals surface area contributed by atoms with Crippen LogP contribution in [0.15, 0.2) is 59.7 Å². The Morgan fingerprint density at radius 2 is 2.00 bits per heavy atom. The van der Waals surface area contributed by atoms with Gasteiger partial charge in [-0.2, -0.15) is 0 Å². The van der Waals surface area contributed by atoms with Crippen molar-refractivity contribution in [1.82, 2.24) is 24.8 Å². The minimum Gasteiger partial charge on any atom is -0.368 e. The first-order chi connectivity index (χ1) is 15.5. The van der Waals surface area contributed by atoms with Crippen LogP contribution in [0.4, 0.5) is 0 Å². The fourth-order valence-corrected chi connectivity index (χ4v) is 3.52. The van der Waals surface area contributed by atoms with Crippen molar-refractivity contribution in [3.63, 3.8) is 0 Å². The van der Waals surface area contributed by atoms with Gasteiger partial charge in [-0.05, 0) is 30.3 Å². The normalized spacial score (nSPS) is 15.9. The van der Waals surface area contributed by atoms with Gasteiger partial charge in [0.1, 0.15) is 11.8 Å². The van der Waals surface area contributed by atoms with Crippen LogP contribution in [0.5, 0.6) is 0 Å². The molecule has 1 fully saturated rings.